The smallest absolute Gasteiger partial charge is 0.160 e. The fourth-order valence-corrected chi connectivity index (χ4v) is 2.77. The molecule has 0 spiro atoms. The van der Waals surface area contributed by atoms with Gasteiger partial charge < -0.3 is 5.11 Å². The van der Waals surface area contributed by atoms with Crippen LogP contribution in [-0.2, 0) is 0 Å². The summed E-state index contributed by atoms with van der Waals surface area (Å²) in [5.41, 5.74) is 5.11. The molecule has 0 saturated carbocycles. The first-order valence-electron chi connectivity index (χ1n) is 9.21. The number of terminal acetylenes is 1. The summed E-state index contributed by atoms with van der Waals surface area (Å²) in [5, 5.41) is 7.88. The van der Waals surface area contributed by atoms with Gasteiger partial charge in [-0.3, -0.25) is 4.79 Å². The topological polar surface area (TPSA) is 50.2 Å². The number of aromatic nitrogens is 1. The first-order valence-corrected chi connectivity index (χ1v) is 9.21. The number of Topliss-reactive ketones (excluding diaryl/α,β-unsaturated/α-hetero) is 1. The van der Waals surface area contributed by atoms with Crippen LogP contribution in [0.3, 0.4) is 0 Å². The van der Waals surface area contributed by atoms with Crippen LogP contribution in [-0.4, -0.2) is 23.0 Å². The van der Waals surface area contributed by atoms with Crippen LogP contribution in [0.2, 0.25) is 0 Å². The summed E-state index contributed by atoms with van der Waals surface area (Å²) in [5.74, 6) is 2.71. The number of para-hydroxylation sites is 1. The molecule has 1 N–H and O–H groups in total. The lowest BCUT2D eigenvalue weighted by atomic mass is 9.99. The van der Waals surface area contributed by atoms with Crippen molar-refractivity contribution in [2.24, 2.45) is 0 Å². The lowest BCUT2D eigenvalue weighted by molar-refractivity contribution is 0.101. The maximum Gasteiger partial charge on any atom is 0.160 e. The Morgan fingerprint density at radius 1 is 1.10 bits per heavy atom. The van der Waals surface area contributed by atoms with Crippen LogP contribution in [0.4, 0.5) is 0 Å². The molecule has 0 fully saturated rings. The molecule has 0 radical (unpaired) electrons. The van der Waals surface area contributed by atoms with E-state index in [4.69, 9.17) is 16.5 Å². The SMILES string of the molecule is C#C/C(=C\C)c1ccc(-c2cc(C(C)=O)c3ccccc3n2)cc1.C=CC.CO. The Morgan fingerprint density at radius 3 is 2.21 bits per heavy atom. The minimum atomic E-state index is 0.0370. The van der Waals surface area contributed by atoms with Gasteiger partial charge in [-0.1, -0.05) is 60.5 Å². The minimum Gasteiger partial charge on any atom is -0.400 e. The number of hydrogen-bond donors (Lipinski definition) is 1. The van der Waals surface area contributed by atoms with E-state index in [-0.39, 0.29) is 5.78 Å². The molecule has 3 aromatic rings. The summed E-state index contributed by atoms with van der Waals surface area (Å²) in [7, 11) is 1.00. The molecular weight excluding hydrogens is 358 g/mol. The number of ketones is 1. The van der Waals surface area contributed by atoms with Crippen LogP contribution in [0.15, 0.2) is 73.3 Å². The van der Waals surface area contributed by atoms with Crippen molar-refractivity contribution in [3.05, 3.63) is 84.5 Å². The van der Waals surface area contributed by atoms with Crippen molar-refractivity contribution in [1.82, 2.24) is 4.98 Å². The second-order valence-electron chi connectivity index (χ2n) is 5.96. The molecular formula is C26H27NO2. The van der Waals surface area contributed by atoms with E-state index in [0.717, 1.165) is 40.4 Å². The number of aliphatic hydroxyl groups is 1. The molecule has 0 aliphatic heterocycles. The number of nitrogens with zero attached hydrogens (tertiary/aromatic N) is 1. The molecule has 1 aromatic heterocycles. The zero-order valence-electron chi connectivity index (χ0n) is 17.4. The molecule has 148 valence electrons. The molecule has 0 saturated heterocycles. The predicted molar refractivity (Wildman–Crippen MR) is 124 cm³/mol. The van der Waals surface area contributed by atoms with Crippen molar-refractivity contribution < 1.29 is 9.90 Å². The second-order valence-corrected chi connectivity index (χ2v) is 5.96. The summed E-state index contributed by atoms with van der Waals surface area (Å²) >= 11 is 0. The van der Waals surface area contributed by atoms with Crippen LogP contribution in [0, 0.1) is 12.3 Å². The maximum absolute atomic E-state index is 12.0. The fraction of sp³-hybridized carbons (Fsp3) is 0.154. The highest BCUT2D eigenvalue weighted by Gasteiger charge is 2.10. The number of aliphatic hydroxyl groups excluding tert-OH is 1. The Bertz CT molecular complexity index is 1040. The number of benzene rings is 2. The summed E-state index contributed by atoms with van der Waals surface area (Å²) in [6.07, 6.45) is 9.18. The molecule has 0 aliphatic rings. The highest BCUT2D eigenvalue weighted by Crippen LogP contribution is 2.26. The number of carbonyl (C=O) groups excluding carboxylic acids is 1. The lowest BCUT2D eigenvalue weighted by Crippen LogP contribution is -1.97. The van der Waals surface area contributed by atoms with E-state index in [2.05, 4.69) is 12.5 Å². The molecule has 2 aromatic carbocycles. The summed E-state index contributed by atoms with van der Waals surface area (Å²) in [6.45, 7) is 8.76. The summed E-state index contributed by atoms with van der Waals surface area (Å²) in [6, 6.07) is 17.5. The molecule has 1 heterocycles. The van der Waals surface area contributed by atoms with Gasteiger partial charge in [0.15, 0.2) is 5.78 Å². The maximum atomic E-state index is 12.0. The molecule has 0 atom stereocenters. The van der Waals surface area contributed by atoms with Crippen LogP contribution in [0.25, 0.3) is 27.7 Å². The van der Waals surface area contributed by atoms with Crippen molar-refractivity contribution in [3.63, 3.8) is 0 Å². The Labute approximate surface area is 173 Å². The number of rotatable bonds is 3. The average Bonchev–Trinajstić information content (AvgIpc) is 2.76. The third-order valence-electron chi connectivity index (χ3n) is 4.03. The van der Waals surface area contributed by atoms with Gasteiger partial charge in [-0.2, -0.15) is 0 Å². The van der Waals surface area contributed by atoms with Gasteiger partial charge in [0.05, 0.1) is 11.2 Å². The molecule has 3 heteroatoms. The summed E-state index contributed by atoms with van der Waals surface area (Å²) in [4.78, 5) is 16.7. The monoisotopic (exact) mass is 385 g/mol. The van der Waals surface area contributed by atoms with E-state index in [0.29, 0.717) is 5.56 Å². The average molecular weight is 386 g/mol. The van der Waals surface area contributed by atoms with Crippen molar-refractivity contribution in [1.29, 1.82) is 0 Å². The number of pyridine rings is 1. The highest BCUT2D eigenvalue weighted by molar-refractivity contribution is 6.07. The molecule has 0 aliphatic carbocycles. The van der Waals surface area contributed by atoms with E-state index in [1.54, 1.807) is 13.0 Å². The molecule has 3 nitrogen and oxygen atoms in total. The van der Waals surface area contributed by atoms with E-state index in [1.807, 2.05) is 74.5 Å². The predicted octanol–water partition coefficient (Wildman–Crippen LogP) is 5.94. The van der Waals surface area contributed by atoms with Crippen molar-refractivity contribution in [2.45, 2.75) is 20.8 Å². The van der Waals surface area contributed by atoms with Crippen molar-refractivity contribution in [3.8, 4) is 23.6 Å². The molecule has 0 amide bonds. The first-order chi connectivity index (χ1) is 14.0. The Balaban J connectivity index is 0.000000771. The minimum absolute atomic E-state index is 0.0370. The summed E-state index contributed by atoms with van der Waals surface area (Å²) < 4.78 is 0. The van der Waals surface area contributed by atoms with Crippen molar-refractivity contribution in [2.75, 3.05) is 7.11 Å². The number of allylic oxidation sites excluding steroid dienone is 3. The van der Waals surface area contributed by atoms with Crippen LogP contribution in [0.1, 0.15) is 36.7 Å². The highest BCUT2D eigenvalue weighted by atomic mass is 16.2. The number of hydrogen-bond acceptors (Lipinski definition) is 3. The normalized spacial score (nSPS) is 10.0. The number of carbonyl (C=O) groups is 1. The standard InChI is InChI=1S/C22H17NO.C3H6.CH4O/c1-4-16(5-2)17-10-12-18(13-11-17)22-14-20(15(3)24)19-8-6-7-9-21(19)23-22;1-3-2;1-2/h1,5-14H,2-3H3;3H,1H2,2H3;2H,1H3/b16-5+;;. The van der Waals surface area contributed by atoms with E-state index in [9.17, 15) is 4.79 Å². The quantitative estimate of drug-likeness (QED) is 0.345. The van der Waals surface area contributed by atoms with Gasteiger partial charge in [0, 0.05) is 29.2 Å². The third kappa shape index (κ3) is 6.00. The van der Waals surface area contributed by atoms with Crippen LogP contribution >= 0.6 is 0 Å². The first kappa shape index (κ1) is 23.6. The zero-order valence-corrected chi connectivity index (χ0v) is 17.4. The van der Waals surface area contributed by atoms with Gasteiger partial charge in [0.1, 0.15) is 0 Å². The Kier molecular flexibility index (Phi) is 9.81. The third-order valence-corrected chi connectivity index (χ3v) is 4.03. The molecule has 3 rings (SSSR count). The lowest BCUT2D eigenvalue weighted by Gasteiger charge is -2.08. The molecule has 0 bridgehead atoms. The largest absolute Gasteiger partial charge is 0.400 e. The fourth-order valence-electron chi connectivity index (χ4n) is 2.77. The number of fused-ring (bicyclic) bond motifs is 1. The zero-order chi connectivity index (χ0) is 21.8. The van der Waals surface area contributed by atoms with Gasteiger partial charge in [-0.05, 0) is 38.5 Å². The Morgan fingerprint density at radius 2 is 1.69 bits per heavy atom. The van der Waals surface area contributed by atoms with Gasteiger partial charge >= 0.3 is 0 Å². The second kappa shape index (κ2) is 12.1. The van der Waals surface area contributed by atoms with Crippen molar-refractivity contribution >= 4 is 22.3 Å². The Hall–Kier alpha value is -3.48. The van der Waals surface area contributed by atoms with E-state index >= 15 is 0 Å². The van der Waals surface area contributed by atoms with E-state index in [1.165, 1.54) is 0 Å². The van der Waals surface area contributed by atoms with Crippen LogP contribution in [0.5, 0.6) is 0 Å². The van der Waals surface area contributed by atoms with E-state index < -0.39 is 0 Å². The van der Waals surface area contributed by atoms with Gasteiger partial charge in [-0.25, -0.2) is 4.98 Å². The van der Waals surface area contributed by atoms with Gasteiger partial charge in [0.2, 0.25) is 0 Å². The van der Waals surface area contributed by atoms with Gasteiger partial charge in [-0.15, -0.1) is 13.0 Å². The van der Waals surface area contributed by atoms with Crippen LogP contribution < -0.4 is 0 Å². The molecule has 0 unspecified atom stereocenters. The molecule has 29 heavy (non-hydrogen) atoms. The van der Waals surface area contributed by atoms with Gasteiger partial charge in [0.25, 0.3) is 0 Å².